The van der Waals surface area contributed by atoms with Gasteiger partial charge in [0.05, 0.1) is 0 Å². The van der Waals surface area contributed by atoms with Crippen LogP contribution < -0.4 is 0 Å². The number of hydrogen-bond acceptors (Lipinski definition) is 6. The van der Waals surface area contributed by atoms with Crippen molar-refractivity contribution in [1.82, 2.24) is 0 Å². The summed E-state index contributed by atoms with van der Waals surface area (Å²) in [5.74, 6) is -0.896. The van der Waals surface area contributed by atoms with Crippen LogP contribution in [0, 0.1) is 0 Å². The van der Waals surface area contributed by atoms with Crippen LogP contribution in [0.4, 0.5) is 0 Å². The molecule has 0 saturated carbocycles. The summed E-state index contributed by atoms with van der Waals surface area (Å²) in [7, 11) is 0. The van der Waals surface area contributed by atoms with E-state index in [0.29, 0.717) is 19.3 Å². The molecule has 0 radical (unpaired) electrons. The van der Waals surface area contributed by atoms with Gasteiger partial charge in [0, 0.05) is 19.3 Å². The molecule has 75 heavy (non-hydrogen) atoms. The molecule has 0 bridgehead atoms. The molecule has 0 heterocycles. The van der Waals surface area contributed by atoms with E-state index < -0.39 is 6.10 Å². The minimum absolute atomic E-state index is 0.0844. The second-order valence-corrected chi connectivity index (χ2v) is 21.3. The van der Waals surface area contributed by atoms with Crippen molar-refractivity contribution < 1.29 is 28.6 Å². The molecule has 0 rings (SSSR count). The van der Waals surface area contributed by atoms with Crippen LogP contribution in [0.5, 0.6) is 0 Å². The van der Waals surface area contributed by atoms with Gasteiger partial charge < -0.3 is 14.2 Å². The first-order valence-electron chi connectivity index (χ1n) is 32.1. The normalized spacial score (nSPS) is 12.6. The second-order valence-electron chi connectivity index (χ2n) is 21.3. The molecule has 0 aromatic heterocycles. The van der Waals surface area contributed by atoms with E-state index in [1.54, 1.807) is 0 Å². The van der Waals surface area contributed by atoms with Crippen molar-refractivity contribution in [3.05, 3.63) is 85.1 Å². The van der Waals surface area contributed by atoms with Crippen LogP contribution in [0.1, 0.15) is 316 Å². The van der Waals surface area contributed by atoms with E-state index in [1.807, 2.05) is 0 Å². The maximum absolute atomic E-state index is 12.9. The topological polar surface area (TPSA) is 78.9 Å². The van der Waals surface area contributed by atoms with Crippen LogP contribution in [-0.2, 0) is 28.6 Å². The predicted molar refractivity (Wildman–Crippen MR) is 325 cm³/mol. The van der Waals surface area contributed by atoms with E-state index in [1.165, 1.54) is 161 Å². The monoisotopic (exact) mass is 1040 g/mol. The van der Waals surface area contributed by atoms with Crippen molar-refractivity contribution in [1.29, 1.82) is 0 Å². The molecule has 0 aromatic carbocycles. The minimum atomic E-state index is -0.789. The standard InChI is InChI=1S/C69H120O6/c1-4-7-10-13-16-19-22-25-28-31-32-33-34-35-36-37-38-39-42-44-47-50-53-56-59-62-68(71)74-65-66(75-69(72)63-60-57-54-51-48-45-41-30-27-24-21-18-15-12-9-6-3)64-73-67(70)61-58-55-52-49-46-43-40-29-26-23-20-17-14-11-8-5-2/h7,10,16,19,21,24-25,28-30,32-33,40-41,66H,4-6,8-9,11-15,17-18,20,22-23,26-27,31,34-39,42-65H2,1-3H3/b10-7-,19-16-,24-21-,28-25-,33-32-,40-29-,41-30-. The summed E-state index contributed by atoms with van der Waals surface area (Å²) in [5.41, 5.74) is 0. The number of unbranched alkanes of at least 4 members (excludes halogenated alkanes) is 33. The highest BCUT2D eigenvalue weighted by molar-refractivity contribution is 5.71. The van der Waals surface area contributed by atoms with Gasteiger partial charge in [0.1, 0.15) is 13.2 Å². The highest BCUT2D eigenvalue weighted by Gasteiger charge is 2.19. The summed E-state index contributed by atoms with van der Waals surface area (Å²) in [5, 5.41) is 0. The lowest BCUT2D eigenvalue weighted by atomic mass is 10.0. The van der Waals surface area contributed by atoms with Crippen molar-refractivity contribution in [2.45, 2.75) is 322 Å². The third kappa shape index (κ3) is 61.3. The molecule has 1 unspecified atom stereocenters. The SMILES string of the molecule is CC/C=C\C/C=C\C/C=C\C/C=C\CCCCCCCCCCCCCCC(=O)OCC(COC(=O)CCCCCCC/C=C\CCCCCCCCC)OC(=O)CCCCCCC/C=C\C/C=C\CCCCCC. The fourth-order valence-corrected chi connectivity index (χ4v) is 9.05. The molecule has 6 heteroatoms. The van der Waals surface area contributed by atoms with E-state index in [0.717, 1.165) is 116 Å². The lowest BCUT2D eigenvalue weighted by Gasteiger charge is -2.18. The average molecular weight is 1050 g/mol. The quantitative estimate of drug-likeness (QED) is 0.0261. The molecule has 0 amide bonds. The summed E-state index contributed by atoms with van der Waals surface area (Å²) in [4.78, 5) is 38.3. The van der Waals surface area contributed by atoms with Gasteiger partial charge in [-0.1, -0.05) is 266 Å². The molecule has 1 atom stereocenters. The maximum atomic E-state index is 12.9. The fraction of sp³-hybridized carbons (Fsp3) is 0.754. The molecular formula is C69H120O6. The van der Waals surface area contributed by atoms with E-state index in [2.05, 4.69) is 106 Å². The van der Waals surface area contributed by atoms with Crippen LogP contribution in [0.2, 0.25) is 0 Å². The van der Waals surface area contributed by atoms with Crippen molar-refractivity contribution in [2.24, 2.45) is 0 Å². The van der Waals surface area contributed by atoms with E-state index >= 15 is 0 Å². The summed E-state index contributed by atoms with van der Waals surface area (Å²) >= 11 is 0. The zero-order valence-electron chi connectivity index (χ0n) is 49.6. The van der Waals surface area contributed by atoms with E-state index in [9.17, 15) is 14.4 Å². The molecule has 0 aromatic rings. The number of allylic oxidation sites excluding steroid dienone is 14. The highest BCUT2D eigenvalue weighted by Crippen LogP contribution is 2.16. The Labute approximate surface area is 465 Å². The van der Waals surface area contributed by atoms with Crippen LogP contribution >= 0.6 is 0 Å². The first-order chi connectivity index (χ1) is 37.0. The van der Waals surface area contributed by atoms with Crippen LogP contribution in [0.3, 0.4) is 0 Å². The van der Waals surface area contributed by atoms with Gasteiger partial charge in [-0.25, -0.2) is 0 Å². The number of hydrogen-bond donors (Lipinski definition) is 0. The molecule has 0 N–H and O–H groups in total. The van der Waals surface area contributed by atoms with Gasteiger partial charge in [-0.3, -0.25) is 14.4 Å². The number of carbonyl (C=O) groups is 3. The molecule has 432 valence electrons. The second kappa shape index (κ2) is 63.1. The van der Waals surface area contributed by atoms with E-state index in [-0.39, 0.29) is 31.1 Å². The highest BCUT2D eigenvalue weighted by atomic mass is 16.6. The Kier molecular flexibility index (Phi) is 60.3. The van der Waals surface area contributed by atoms with Crippen molar-refractivity contribution in [2.75, 3.05) is 13.2 Å². The first kappa shape index (κ1) is 71.6. The van der Waals surface area contributed by atoms with Gasteiger partial charge in [0.25, 0.3) is 0 Å². The Hall–Kier alpha value is -3.41. The molecule has 0 aliphatic heterocycles. The van der Waals surface area contributed by atoms with Crippen LogP contribution in [0.15, 0.2) is 85.1 Å². The Balaban J connectivity index is 4.34. The Morgan fingerprint density at radius 3 is 0.840 bits per heavy atom. The summed E-state index contributed by atoms with van der Waals surface area (Å²) < 4.78 is 16.9. The number of carbonyl (C=O) groups excluding carboxylic acids is 3. The Morgan fingerprint density at radius 1 is 0.280 bits per heavy atom. The van der Waals surface area contributed by atoms with Crippen LogP contribution in [0.25, 0.3) is 0 Å². The van der Waals surface area contributed by atoms with Gasteiger partial charge in [0.15, 0.2) is 6.10 Å². The third-order valence-corrected chi connectivity index (χ3v) is 13.9. The third-order valence-electron chi connectivity index (χ3n) is 13.9. The molecule has 0 fully saturated rings. The maximum Gasteiger partial charge on any atom is 0.306 e. The van der Waals surface area contributed by atoms with Gasteiger partial charge in [-0.15, -0.1) is 0 Å². The van der Waals surface area contributed by atoms with Crippen molar-refractivity contribution in [3.63, 3.8) is 0 Å². The fourth-order valence-electron chi connectivity index (χ4n) is 9.05. The van der Waals surface area contributed by atoms with Gasteiger partial charge >= 0.3 is 17.9 Å². The molecule has 6 nitrogen and oxygen atoms in total. The van der Waals surface area contributed by atoms with Gasteiger partial charge in [0.2, 0.25) is 0 Å². The van der Waals surface area contributed by atoms with Crippen molar-refractivity contribution >= 4 is 17.9 Å². The Morgan fingerprint density at radius 2 is 0.520 bits per heavy atom. The number of rotatable bonds is 58. The number of esters is 3. The average Bonchev–Trinajstić information content (AvgIpc) is 3.41. The predicted octanol–water partition coefficient (Wildman–Crippen LogP) is 21.9. The summed E-state index contributed by atoms with van der Waals surface area (Å²) in [6.45, 7) is 6.52. The number of ether oxygens (including phenoxy) is 3. The molecule has 0 aliphatic carbocycles. The molecule has 0 aliphatic rings. The Bertz CT molecular complexity index is 1430. The van der Waals surface area contributed by atoms with Crippen LogP contribution in [-0.4, -0.2) is 37.2 Å². The lowest BCUT2D eigenvalue weighted by Crippen LogP contribution is -2.30. The largest absolute Gasteiger partial charge is 0.462 e. The molecular weight excluding hydrogens is 925 g/mol. The minimum Gasteiger partial charge on any atom is -0.462 e. The lowest BCUT2D eigenvalue weighted by molar-refractivity contribution is -0.167. The van der Waals surface area contributed by atoms with Gasteiger partial charge in [-0.2, -0.15) is 0 Å². The summed E-state index contributed by atoms with van der Waals surface area (Å²) in [6, 6.07) is 0. The van der Waals surface area contributed by atoms with Crippen molar-refractivity contribution in [3.8, 4) is 0 Å². The molecule has 0 spiro atoms. The molecule has 0 saturated heterocycles. The zero-order chi connectivity index (χ0) is 54.3. The van der Waals surface area contributed by atoms with E-state index in [4.69, 9.17) is 14.2 Å². The van der Waals surface area contributed by atoms with Gasteiger partial charge in [-0.05, 0) is 116 Å². The smallest absolute Gasteiger partial charge is 0.306 e. The zero-order valence-corrected chi connectivity index (χ0v) is 49.6. The first-order valence-corrected chi connectivity index (χ1v) is 32.1. The summed E-state index contributed by atoms with van der Waals surface area (Å²) in [6.07, 6.45) is 83.0.